The maximum Gasteiger partial charge on any atom is 0.255 e. The average Bonchev–Trinajstić information content (AvgIpc) is 3.48. The Morgan fingerprint density at radius 3 is 2.76 bits per heavy atom. The molecule has 1 atom stereocenters. The van der Waals surface area contributed by atoms with Crippen LogP contribution in [0.5, 0.6) is 0 Å². The summed E-state index contributed by atoms with van der Waals surface area (Å²) in [5.74, 6) is -0.290. The highest BCUT2D eigenvalue weighted by atomic mass is 35.5. The fraction of sp³-hybridized carbons (Fsp3) is 0.348. The first-order valence-electron chi connectivity index (χ1n) is 10.9. The lowest BCUT2D eigenvalue weighted by Crippen LogP contribution is -2.38. The number of nitrogens with one attached hydrogen (secondary N) is 4. The Kier molecular flexibility index (Phi) is 6.60. The van der Waals surface area contributed by atoms with Gasteiger partial charge in [0, 0.05) is 55.1 Å². The Hall–Kier alpha value is -3.46. The van der Waals surface area contributed by atoms with Gasteiger partial charge < -0.3 is 20.5 Å². The van der Waals surface area contributed by atoms with Crippen LogP contribution in [0.3, 0.4) is 0 Å². The molecule has 3 heterocycles. The molecule has 1 fully saturated rings. The number of likely N-dealkylation sites (tertiary alicyclic amines) is 1. The van der Waals surface area contributed by atoms with Crippen LogP contribution < -0.4 is 10.6 Å². The van der Waals surface area contributed by atoms with E-state index in [4.69, 9.17) is 17.0 Å². The molecule has 33 heavy (non-hydrogen) atoms. The van der Waals surface area contributed by atoms with Crippen LogP contribution in [0.4, 0.5) is 5.69 Å². The SMILES string of the molecule is CNc1cc(Cl)ccc1C(=N)c1cnc2[nH]cc(C(=O)NC(C)CC(=O)N3CCCC3)c2n1. The maximum absolute atomic E-state index is 12.9. The molecule has 0 aliphatic carbocycles. The van der Waals surface area contributed by atoms with Crippen LogP contribution in [-0.4, -0.2) is 63.6 Å². The lowest BCUT2D eigenvalue weighted by Gasteiger charge is -2.19. The topological polar surface area (TPSA) is 127 Å². The highest BCUT2D eigenvalue weighted by Gasteiger charge is 2.23. The van der Waals surface area contributed by atoms with Crippen molar-refractivity contribution < 1.29 is 9.59 Å². The second kappa shape index (κ2) is 9.58. The van der Waals surface area contributed by atoms with E-state index < -0.39 is 0 Å². The number of halogens is 1. The summed E-state index contributed by atoms with van der Waals surface area (Å²) in [6, 6.07) is 4.86. The Bertz CT molecular complexity index is 1220. The summed E-state index contributed by atoms with van der Waals surface area (Å²) in [5.41, 5.74) is 2.92. The van der Waals surface area contributed by atoms with Gasteiger partial charge in [-0.15, -0.1) is 0 Å². The lowest BCUT2D eigenvalue weighted by atomic mass is 10.1. The summed E-state index contributed by atoms with van der Waals surface area (Å²) in [6.07, 6.45) is 5.35. The summed E-state index contributed by atoms with van der Waals surface area (Å²) in [7, 11) is 1.75. The van der Waals surface area contributed by atoms with Crippen molar-refractivity contribution in [2.75, 3.05) is 25.5 Å². The monoisotopic (exact) mass is 467 g/mol. The van der Waals surface area contributed by atoms with Gasteiger partial charge in [-0.05, 0) is 38.0 Å². The molecule has 4 rings (SSSR count). The summed E-state index contributed by atoms with van der Waals surface area (Å²) in [5, 5.41) is 15.1. The van der Waals surface area contributed by atoms with Crippen molar-refractivity contribution in [2.45, 2.75) is 32.2 Å². The van der Waals surface area contributed by atoms with Gasteiger partial charge in [0.15, 0.2) is 5.65 Å². The summed E-state index contributed by atoms with van der Waals surface area (Å²) in [4.78, 5) is 39.0. The number of carbonyl (C=O) groups is 2. The molecule has 1 aliphatic heterocycles. The van der Waals surface area contributed by atoms with Gasteiger partial charge in [-0.1, -0.05) is 11.6 Å². The fourth-order valence-electron chi connectivity index (χ4n) is 3.97. The minimum Gasteiger partial charge on any atom is -0.388 e. The van der Waals surface area contributed by atoms with E-state index in [0.29, 0.717) is 38.7 Å². The Balaban J connectivity index is 1.53. The van der Waals surface area contributed by atoms with Gasteiger partial charge in [-0.25, -0.2) is 9.97 Å². The fourth-order valence-corrected chi connectivity index (χ4v) is 4.15. The molecule has 2 aromatic heterocycles. The van der Waals surface area contributed by atoms with Gasteiger partial charge in [0.1, 0.15) is 11.2 Å². The first kappa shape index (κ1) is 22.7. The van der Waals surface area contributed by atoms with Gasteiger partial charge in [0.05, 0.1) is 17.5 Å². The van der Waals surface area contributed by atoms with Gasteiger partial charge in [-0.2, -0.15) is 0 Å². The molecule has 0 saturated carbocycles. The molecule has 9 nitrogen and oxygen atoms in total. The van der Waals surface area contributed by atoms with Crippen LogP contribution >= 0.6 is 11.6 Å². The molecule has 0 spiro atoms. The molecule has 0 radical (unpaired) electrons. The zero-order valence-electron chi connectivity index (χ0n) is 18.5. The average molecular weight is 468 g/mol. The van der Waals surface area contributed by atoms with E-state index in [2.05, 4.69) is 25.6 Å². The van der Waals surface area contributed by atoms with Gasteiger partial charge in [0.25, 0.3) is 5.91 Å². The minimum absolute atomic E-state index is 0.0538. The molecule has 3 aromatic rings. The number of rotatable bonds is 7. The molecule has 0 bridgehead atoms. The van der Waals surface area contributed by atoms with Crippen molar-refractivity contribution in [1.29, 1.82) is 5.41 Å². The zero-order valence-corrected chi connectivity index (χ0v) is 19.3. The highest BCUT2D eigenvalue weighted by molar-refractivity contribution is 6.31. The standard InChI is InChI=1S/C23H26ClN7O2/c1-13(9-19(32)31-7-3-4-8-31)29-23(33)16-11-27-22-21(16)30-18(12-28-22)20(25)15-6-5-14(24)10-17(15)26-2/h5-6,10-13,25-26H,3-4,7-9H2,1-2H3,(H,27,28)(H,29,33). The number of aromatic amines is 1. The van der Waals surface area contributed by atoms with E-state index in [0.717, 1.165) is 25.9 Å². The lowest BCUT2D eigenvalue weighted by molar-refractivity contribution is -0.130. The maximum atomic E-state index is 12.9. The van der Waals surface area contributed by atoms with Crippen molar-refractivity contribution in [3.8, 4) is 0 Å². The number of fused-ring (bicyclic) bond motifs is 1. The number of anilines is 1. The molecule has 10 heteroatoms. The van der Waals surface area contributed by atoms with Gasteiger partial charge in [-0.3, -0.25) is 15.0 Å². The van der Waals surface area contributed by atoms with Crippen LogP contribution in [0.1, 0.15) is 47.8 Å². The first-order valence-corrected chi connectivity index (χ1v) is 11.2. The molecular formula is C23H26ClN7O2. The van der Waals surface area contributed by atoms with Crippen LogP contribution in [0.25, 0.3) is 11.2 Å². The normalized spacial score (nSPS) is 14.3. The highest BCUT2D eigenvalue weighted by Crippen LogP contribution is 2.24. The third-order valence-corrected chi connectivity index (χ3v) is 5.95. The van der Waals surface area contributed by atoms with E-state index in [1.807, 2.05) is 11.8 Å². The zero-order chi connectivity index (χ0) is 23.5. The van der Waals surface area contributed by atoms with Crippen molar-refractivity contribution in [2.24, 2.45) is 0 Å². The van der Waals surface area contributed by atoms with Crippen molar-refractivity contribution in [1.82, 2.24) is 25.2 Å². The van der Waals surface area contributed by atoms with Crippen LogP contribution in [-0.2, 0) is 4.79 Å². The van der Waals surface area contributed by atoms with Crippen LogP contribution in [0.2, 0.25) is 5.02 Å². The molecule has 1 aromatic carbocycles. The number of nitrogens with zero attached hydrogens (tertiary/aromatic N) is 3. The number of aromatic nitrogens is 3. The molecule has 172 valence electrons. The molecule has 4 N–H and O–H groups in total. The van der Waals surface area contributed by atoms with Gasteiger partial charge in [0.2, 0.25) is 5.91 Å². The Labute approximate surface area is 196 Å². The largest absolute Gasteiger partial charge is 0.388 e. The van der Waals surface area contributed by atoms with Gasteiger partial charge >= 0.3 is 0 Å². The Morgan fingerprint density at radius 2 is 2.03 bits per heavy atom. The van der Waals surface area contributed by atoms with Crippen molar-refractivity contribution in [3.05, 3.63) is 52.4 Å². The molecule has 1 saturated heterocycles. The molecule has 1 unspecified atom stereocenters. The number of amides is 2. The second-order valence-corrected chi connectivity index (χ2v) is 8.57. The summed E-state index contributed by atoms with van der Waals surface area (Å²) < 4.78 is 0. The van der Waals surface area contributed by atoms with Crippen LogP contribution in [0, 0.1) is 5.41 Å². The third-order valence-electron chi connectivity index (χ3n) is 5.72. The smallest absolute Gasteiger partial charge is 0.255 e. The molecule has 2 amide bonds. The third kappa shape index (κ3) is 4.83. The Morgan fingerprint density at radius 1 is 1.27 bits per heavy atom. The van der Waals surface area contributed by atoms with Crippen molar-refractivity contribution in [3.63, 3.8) is 0 Å². The minimum atomic E-state index is -0.344. The predicted octanol–water partition coefficient (Wildman–Crippen LogP) is 3.20. The number of benzene rings is 1. The molecule has 1 aliphatic rings. The van der Waals surface area contributed by atoms with E-state index in [-0.39, 0.29) is 30.0 Å². The number of H-pyrrole nitrogens is 1. The number of hydrogen-bond donors (Lipinski definition) is 4. The van der Waals surface area contributed by atoms with E-state index >= 15 is 0 Å². The first-order chi connectivity index (χ1) is 15.9. The summed E-state index contributed by atoms with van der Waals surface area (Å²) >= 11 is 6.06. The van der Waals surface area contributed by atoms with E-state index in [9.17, 15) is 9.59 Å². The number of hydrogen-bond acceptors (Lipinski definition) is 6. The van der Waals surface area contributed by atoms with Crippen molar-refractivity contribution >= 4 is 46.0 Å². The van der Waals surface area contributed by atoms with E-state index in [1.165, 1.54) is 6.20 Å². The van der Waals surface area contributed by atoms with E-state index in [1.54, 1.807) is 31.4 Å². The quantitative estimate of drug-likeness (QED) is 0.397. The predicted molar refractivity (Wildman–Crippen MR) is 128 cm³/mol. The number of carbonyl (C=O) groups excluding carboxylic acids is 2. The molecular weight excluding hydrogens is 442 g/mol. The van der Waals surface area contributed by atoms with Crippen LogP contribution in [0.15, 0.2) is 30.6 Å². The summed E-state index contributed by atoms with van der Waals surface area (Å²) in [6.45, 7) is 3.39. The second-order valence-electron chi connectivity index (χ2n) is 8.14.